The number of nitrogens with two attached hydrogens (primary N) is 1. The Labute approximate surface area is 241 Å². The Morgan fingerprint density at radius 1 is 1.12 bits per heavy atom. The quantitative estimate of drug-likeness (QED) is 0.226. The number of pyridine rings is 1. The summed E-state index contributed by atoms with van der Waals surface area (Å²) in [7, 11) is 1.50. The first-order valence-electron chi connectivity index (χ1n) is 12.8. The number of methoxy groups -OCH3 is 1. The number of nitrogens with zero attached hydrogens (tertiary/aromatic N) is 2. The minimum Gasteiger partial charge on any atom is -0.497 e. The largest absolute Gasteiger partial charge is 0.497 e. The Balaban J connectivity index is 1.51. The fraction of sp³-hybridized carbons (Fsp3) is 0.241. The third-order valence-electron chi connectivity index (χ3n) is 7.34. The van der Waals surface area contributed by atoms with Crippen molar-refractivity contribution < 1.29 is 41.7 Å². The maximum absolute atomic E-state index is 14.6. The molecular formula is C29H25F4N5O5. The maximum Gasteiger partial charge on any atom is 0.424 e. The second-order valence-corrected chi connectivity index (χ2v) is 10.2. The van der Waals surface area contributed by atoms with E-state index in [0.29, 0.717) is 17.0 Å². The summed E-state index contributed by atoms with van der Waals surface area (Å²) < 4.78 is 68.1. The third-order valence-corrected chi connectivity index (χ3v) is 7.34. The van der Waals surface area contributed by atoms with Crippen LogP contribution >= 0.6 is 0 Å². The van der Waals surface area contributed by atoms with Crippen LogP contribution in [0.25, 0.3) is 22.5 Å². The second kappa shape index (κ2) is 10.7. The van der Waals surface area contributed by atoms with Crippen molar-refractivity contribution >= 4 is 11.8 Å². The van der Waals surface area contributed by atoms with Crippen LogP contribution < -0.4 is 20.5 Å². The SMILES string of the molecule is COc1ccc(-c2cc(C(=O)NCC(O)(c3cc4c(c(-c5ccc(F)cc5)n3)OC[C@]4(C)C(N)=O)C(F)(F)F)n[nH]2)cc1. The number of aliphatic hydroxyl groups is 1. The molecule has 2 amide bonds. The monoisotopic (exact) mass is 599 g/mol. The Hall–Kier alpha value is -4.98. The number of alkyl halides is 3. The zero-order valence-corrected chi connectivity index (χ0v) is 22.8. The fourth-order valence-electron chi connectivity index (χ4n) is 4.59. The Morgan fingerprint density at radius 2 is 1.77 bits per heavy atom. The highest BCUT2D eigenvalue weighted by molar-refractivity contribution is 5.93. The van der Waals surface area contributed by atoms with Crippen LogP contribution in [-0.2, 0) is 15.8 Å². The van der Waals surface area contributed by atoms with E-state index in [0.717, 1.165) is 18.2 Å². The summed E-state index contributed by atoms with van der Waals surface area (Å²) in [6.45, 7) is -0.275. The van der Waals surface area contributed by atoms with Crippen molar-refractivity contribution in [2.75, 3.05) is 20.3 Å². The van der Waals surface area contributed by atoms with Crippen molar-refractivity contribution in [2.45, 2.75) is 24.1 Å². The van der Waals surface area contributed by atoms with Gasteiger partial charge < -0.3 is 25.6 Å². The normalized spacial score (nSPS) is 17.5. The number of amides is 2. The van der Waals surface area contributed by atoms with Crippen LogP contribution in [0.3, 0.4) is 0 Å². The van der Waals surface area contributed by atoms with E-state index in [9.17, 15) is 32.3 Å². The predicted molar refractivity (Wildman–Crippen MR) is 145 cm³/mol. The smallest absolute Gasteiger partial charge is 0.424 e. The highest BCUT2D eigenvalue weighted by Gasteiger charge is 2.57. The first-order chi connectivity index (χ1) is 20.3. The number of carbonyl (C=O) groups is 2. The zero-order valence-electron chi connectivity index (χ0n) is 22.8. The molecule has 1 aliphatic heterocycles. The molecule has 43 heavy (non-hydrogen) atoms. The summed E-state index contributed by atoms with van der Waals surface area (Å²) in [6.07, 6.45) is -5.36. The van der Waals surface area contributed by atoms with E-state index in [2.05, 4.69) is 20.5 Å². The van der Waals surface area contributed by atoms with Crippen LogP contribution in [0.15, 0.2) is 60.7 Å². The number of benzene rings is 2. The average Bonchev–Trinajstić information content (AvgIpc) is 3.61. The molecule has 2 atom stereocenters. The van der Waals surface area contributed by atoms with Crippen LogP contribution in [0.5, 0.6) is 11.5 Å². The van der Waals surface area contributed by atoms with Gasteiger partial charge in [0.2, 0.25) is 11.5 Å². The lowest BCUT2D eigenvalue weighted by atomic mass is 9.81. The van der Waals surface area contributed by atoms with Gasteiger partial charge in [-0.2, -0.15) is 18.3 Å². The number of hydrogen-bond donors (Lipinski definition) is 4. The molecule has 0 fully saturated rings. The molecule has 0 saturated heterocycles. The van der Waals surface area contributed by atoms with Crippen molar-refractivity contribution in [3.8, 4) is 34.0 Å². The minimum atomic E-state index is -5.36. The van der Waals surface area contributed by atoms with Gasteiger partial charge in [0.05, 0.1) is 25.0 Å². The number of halogens is 4. The Morgan fingerprint density at radius 3 is 2.37 bits per heavy atom. The molecule has 0 bridgehead atoms. The number of carbonyl (C=O) groups excluding carboxylic acids is 2. The van der Waals surface area contributed by atoms with Crippen LogP contribution in [0.4, 0.5) is 17.6 Å². The van der Waals surface area contributed by atoms with E-state index in [1.165, 1.54) is 32.2 Å². The molecule has 224 valence electrons. The number of hydrogen-bond acceptors (Lipinski definition) is 7. The third kappa shape index (κ3) is 5.25. The second-order valence-electron chi connectivity index (χ2n) is 10.2. The van der Waals surface area contributed by atoms with E-state index in [4.69, 9.17) is 15.2 Å². The first kappa shape index (κ1) is 29.5. The average molecular weight is 600 g/mol. The topological polar surface area (TPSA) is 152 Å². The number of aromatic amines is 1. The lowest BCUT2D eigenvalue weighted by Crippen LogP contribution is -2.52. The van der Waals surface area contributed by atoms with E-state index < -0.39 is 47.1 Å². The summed E-state index contributed by atoms with van der Waals surface area (Å²) >= 11 is 0. The molecule has 0 aliphatic carbocycles. The lowest BCUT2D eigenvalue weighted by Gasteiger charge is -2.31. The number of H-pyrrole nitrogens is 1. The molecule has 0 radical (unpaired) electrons. The Bertz CT molecular complexity index is 1690. The van der Waals surface area contributed by atoms with Gasteiger partial charge in [-0.3, -0.25) is 14.7 Å². The molecule has 0 saturated carbocycles. The molecule has 1 aliphatic rings. The van der Waals surface area contributed by atoms with E-state index in [1.54, 1.807) is 24.3 Å². The van der Waals surface area contributed by atoms with Gasteiger partial charge in [-0.05, 0) is 73.2 Å². The molecular weight excluding hydrogens is 574 g/mol. The molecule has 10 nitrogen and oxygen atoms in total. The van der Waals surface area contributed by atoms with Crippen LogP contribution in [0.2, 0.25) is 0 Å². The minimum absolute atomic E-state index is 0.0344. The van der Waals surface area contributed by atoms with E-state index in [1.807, 2.05) is 0 Å². The van der Waals surface area contributed by atoms with Crippen LogP contribution in [-0.4, -0.2) is 58.5 Å². The lowest BCUT2D eigenvalue weighted by molar-refractivity contribution is -0.265. The number of aromatic nitrogens is 3. The Kier molecular flexibility index (Phi) is 7.34. The fourth-order valence-corrected chi connectivity index (χ4v) is 4.59. The first-order valence-corrected chi connectivity index (χ1v) is 12.8. The molecule has 1 unspecified atom stereocenters. The van der Waals surface area contributed by atoms with Crippen LogP contribution in [0.1, 0.15) is 28.7 Å². The molecule has 5 N–H and O–H groups in total. The van der Waals surface area contributed by atoms with Crippen molar-refractivity contribution in [1.29, 1.82) is 0 Å². The molecule has 4 aromatic rings. The summed E-state index contributed by atoms with van der Waals surface area (Å²) in [4.78, 5) is 29.3. The van der Waals surface area contributed by atoms with Gasteiger partial charge in [0.25, 0.3) is 5.91 Å². The molecule has 2 aromatic heterocycles. The number of fused-ring (bicyclic) bond motifs is 1. The van der Waals surface area contributed by atoms with Crippen molar-refractivity contribution in [3.63, 3.8) is 0 Å². The van der Waals surface area contributed by atoms with Gasteiger partial charge in [-0.1, -0.05) is 0 Å². The zero-order chi connectivity index (χ0) is 31.2. The maximum atomic E-state index is 14.6. The highest BCUT2D eigenvalue weighted by Crippen LogP contribution is 2.47. The van der Waals surface area contributed by atoms with E-state index >= 15 is 0 Å². The van der Waals surface area contributed by atoms with Gasteiger partial charge in [0.1, 0.15) is 35.0 Å². The van der Waals surface area contributed by atoms with Crippen LogP contribution in [0, 0.1) is 5.82 Å². The molecule has 14 heteroatoms. The van der Waals surface area contributed by atoms with Crippen molar-refractivity contribution in [1.82, 2.24) is 20.5 Å². The van der Waals surface area contributed by atoms with Gasteiger partial charge in [0, 0.05) is 11.1 Å². The standard InChI is InChI=1S/C29H25F4N5O5/c1-27(26(34)40)14-43-24-19(27)11-22(36-23(24)16-3-7-17(30)8-4-16)28(41,29(31,32)33)13-35-25(39)21-12-20(37-38-21)15-5-9-18(42-2)10-6-15/h3-12,41H,13-14H2,1-2H3,(H2,34,40)(H,35,39)(H,37,38)/t27-,28?/m0/s1. The van der Waals surface area contributed by atoms with Gasteiger partial charge >= 0.3 is 6.18 Å². The summed E-state index contributed by atoms with van der Waals surface area (Å²) in [6, 6.07) is 13.6. The number of ether oxygens (including phenoxy) is 2. The van der Waals surface area contributed by atoms with Crippen molar-refractivity contribution in [3.05, 3.63) is 83.4 Å². The summed E-state index contributed by atoms with van der Waals surface area (Å²) in [5.41, 5.74) is 0.0836. The number of nitrogens with one attached hydrogen (secondary N) is 2. The van der Waals surface area contributed by atoms with Gasteiger partial charge in [0.15, 0.2) is 5.69 Å². The van der Waals surface area contributed by atoms with Gasteiger partial charge in [-0.15, -0.1) is 0 Å². The highest BCUT2D eigenvalue weighted by atomic mass is 19.4. The number of primary amides is 1. The summed E-state index contributed by atoms with van der Waals surface area (Å²) in [5.74, 6) is -1.94. The van der Waals surface area contributed by atoms with Gasteiger partial charge in [-0.25, -0.2) is 9.37 Å². The van der Waals surface area contributed by atoms with E-state index in [-0.39, 0.29) is 34.9 Å². The predicted octanol–water partition coefficient (Wildman–Crippen LogP) is 3.60. The van der Waals surface area contributed by atoms with Crippen molar-refractivity contribution in [2.24, 2.45) is 5.73 Å². The number of rotatable bonds is 8. The summed E-state index contributed by atoms with van der Waals surface area (Å²) in [5, 5.41) is 19.7. The molecule has 5 rings (SSSR count). The molecule has 3 heterocycles. The molecule has 0 spiro atoms. The molecule has 2 aromatic carbocycles.